The number of oxazole rings is 1. The van der Waals surface area contributed by atoms with Crippen LogP contribution in [0, 0.1) is 5.82 Å². The van der Waals surface area contributed by atoms with Crippen LogP contribution in [0.5, 0.6) is 0 Å². The minimum absolute atomic E-state index is 0.174. The number of nitrogens with zero attached hydrogens (tertiary/aromatic N) is 1. The van der Waals surface area contributed by atoms with E-state index in [0.717, 1.165) is 13.0 Å². The molecule has 1 N–H and O–H groups in total. The summed E-state index contributed by atoms with van der Waals surface area (Å²) in [6, 6.07) is 4.63. The van der Waals surface area contributed by atoms with Gasteiger partial charge in [-0.05, 0) is 31.5 Å². The largest absolute Gasteiger partial charge is 0.439 e. The molecule has 1 unspecified atom stereocenters. The summed E-state index contributed by atoms with van der Waals surface area (Å²) in [7, 11) is 0. The molecule has 1 aromatic heterocycles. The number of benzene rings is 1. The Morgan fingerprint density at radius 3 is 3.18 bits per heavy atom. The van der Waals surface area contributed by atoms with Gasteiger partial charge in [0.1, 0.15) is 11.3 Å². The maximum atomic E-state index is 13.1. The van der Waals surface area contributed by atoms with Crippen molar-refractivity contribution in [2.45, 2.75) is 31.7 Å². The predicted octanol–water partition coefficient (Wildman–Crippen LogP) is 3.17. The lowest BCUT2D eigenvalue weighted by molar-refractivity contribution is 0.410. The normalized spacial score (nSPS) is 21.6. The average molecular weight is 234 g/mol. The van der Waals surface area contributed by atoms with Crippen LogP contribution < -0.4 is 5.32 Å². The molecule has 3 rings (SSSR count). The first-order valence-corrected chi connectivity index (χ1v) is 6.12. The van der Waals surface area contributed by atoms with E-state index in [4.69, 9.17) is 4.42 Å². The summed E-state index contributed by atoms with van der Waals surface area (Å²) < 4.78 is 18.7. The topological polar surface area (TPSA) is 38.1 Å². The SMILES string of the molecule is Fc1ccc2oc(C3CCCCCN3)nc2c1. The van der Waals surface area contributed by atoms with Gasteiger partial charge in [0.2, 0.25) is 5.89 Å². The predicted molar refractivity (Wildman–Crippen MR) is 63.2 cm³/mol. The number of nitrogens with one attached hydrogen (secondary N) is 1. The smallest absolute Gasteiger partial charge is 0.212 e. The molecule has 0 amide bonds. The molecule has 1 atom stereocenters. The molecule has 17 heavy (non-hydrogen) atoms. The van der Waals surface area contributed by atoms with E-state index in [1.165, 1.54) is 31.4 Å². The summed E-state index contributed by atoms with van der Waals surface area (Å²) in [5, 5.41) is 3.42. The fraction of sp³-hybridized carbons (Fsp3) is 0.462. The molecule has 1 saturated heterocycles. The number of hydrogen-bond donors (Lipinski definition) is 1. The van der Waals surface area contributed by atoms with Gasteiger partial charge in [0.25, 0.3) is 0 Å². The lowest BCUT2D eigenvalue weighted by Gasteiger charge is -2.10. The fourth-order valence-corrected chi connectivity index (χ4v) is 2.31. The van der Waals surface area contributed by atoms with E-state index in [1.807, 2.05) is 0 Å². The van der Waals surface area contributed by atoms with Crippen LogP contribution in [0.15, 0.2) is 22.6 Å². The van der Waals surface area contributed by atoms with E-state index in [9.17, 15) is 4.39 Å². The van der Waals surface area contributed by atoms with Crippen molar-refractivity contribution in [3.63, 3.8) is 0 Å². The Labute approximate surface area is 99.0 Å². The molecule has 0 spiro atoms. The van der Waals surface area contributed by atoms with Crippen LogP contribution in [0.4, 0.5) is 4.39 Å². The van der Waals surface area contributed by atoms with Crippen LogP contribution in [0.1, 0.15) is 37.6 Å². The Morgan fingerprint density at radius 2 is 2.24 bits per heavy atom. The van der Waals surface area contributed by atoms with Crippen LogP contribution in [0.2, 0.25) is 0 Å². The molecule has 1 fully saturated rings. The van der Waals surface area contributed by atoms with Crippen molar-refractivity contribution >= 4 is 11.1 Å². The molecular formula is C13H15FN2O. The van der Waals surface area contributed by atoms with Crippen molar-refractivity contribution < 1.29 is 8.81 Å². The minimum Gasteiger partial charge on any atom is -0.439 e. The van der Waals surface area contributed by atoms with Gasteiger partial charge >= 0.3 is 0 Å². The summed E-state index contributed by atoms with van der Waals surface area (Å²) in [6.07, 6.45) is 4.67. The number of hydrogen-bond acceptors (Lipinski definition) is 3. The highest BCUT2D eigenvalue weighted by Crippen LogP contribution is 2.25. The molecule has 0 radical (unpaired) electrons. The van der Waals surface area contributed by atoms with E-state index < -0.39 is 0 Å². The summed E-state index contributed by atoms with van der Waals surface area (Å²) in [6.45, 7) is 0.998. The van der Waals surface area contributed by atoms with Crippen molar-refractivity contribution in [1.29, 1.82) is 0 Å². The van der Waals surface area contributed by atoms with Crippen molar-refractivity contribution in [1.82, 2.24) is 10.3 Å². The minimum atomic E-state index is -0.272. The van der Waals surface area contributed by atoms with E-state index in [2.05, 4.69) is 10.3 Å². The van der Waals surface area contributed by atoms with Crippen LogP contribution >= 0.6 is 0 Å². The van der Waals surface area contributed by atoms with Gasteiger partial charge in [-0.3, -0.25) is 0 Å². The highest BCUT2D eigenvalue weighted by atomic mass is 19.1. The molecule has 2 heterocycles. The standard InChI is InChI=1S/C13H15FN2O/c14-9-5-6-12-11(8-9)16-13(17-12)10-4-2-1-3-7-15-10/h5-6,8,10,15H,1-4,7H2. The first kappa shape index (κ1) is 10.7. The fourth-order valence-electron chi connectivity index (χ4n) is 2.31. The lowest BCUT2D eigenvalue weighted by Crippen LogP contribution is -2.20. The number of rotatable bonds is 1. The van der Waals surface area contributed by atoms with Gasteiger partial charge in [-0.1, -0.05) is 12.8 Å². The molecule has 1 aliphatic rings. The summed E-state index contributed by atoms with van der Waals surface area (Å²) >= 11 is 0. The van der Waals surface area contributed by atoms with Crippen LogP contribution in [0.25, 0.3) is 11.1 Å². The van der Waals surface area contributed by atoms with Crippen molar-refractivity contribution in [2.24, 2.45) is 0 Å². The quantitative estimate of drug-likeness (QED) is 0.823. The third kappa shape index (κ3) is 2.17. The molecular weight excluding hydrogens is 219 g/mol. The number of aromatic nitrogens is 1. The third-order valence-corrected chi connectivity index (χ3v) is 3.22. The molecule has 90 valence electrons. The number of fused-ring (bicyclic) bond motifs is 1. The Bertz CT molecular complexity index is 515. The van der Waals surface area contributed by atoms with Gasteiger partial charge in [0.05, 0.1) is 6.04 Å². The van der Waals surface area contributed by atoms with Crippen LogP contribution in [-0.4, -0.2) is 11.5 Å². The van der Waals surface area contributed by atoms with Gasteiger partial charge in [-0.25, -0.2) is 9.37 Å². The second-order valence-electron chi connectivity index (χ2n) is 4.52. The van der Waals surface area contributed by atoms with Gasteiger partial charge in [-0.15, -0.1) is 0 Å². The zero-order valence-electron chi connectivity index (χ0n) is 9.58. The van der Waals surface area contributed by atoms with Gasteiger partial charge < -0.3 is 9.73 Å². The molecule has 2 aromatic rings. The van der Waals surface area contributed by atoms with Crippen molar-refractivity contribution in [2.75, 3.05) is 6.54 Å². The molecule has 0 bridgehead atoms. The van der Waals surface area contributed by atoms with Crippen molar-refractivity contribution in [3.8, 4) is 0 Å². The van der Waals surface area contributed by atoms with Crippen LogP contribution in [-0.2, 0) is 0 Å². The zero-order valence-corrected chi connectivity index (χ0v) is 9.58. The summed E-state index contributed by atoms with van der Waals surface area (Å²) in [5.74, 6) is 0.415. The van der Waals surface area contributed by atoms with Gasteiger partial charge in [0, 0.05) is 6.07 Å². The monoisotopic (exact) mass is 234 g/mol. The second-order valence-corrected chi connectivity index (χ2v) is 4.52. The van der Waals surface area contributed by atoms with Crippen LogP contribution in [0.3, 0.4) is 0 Å². The maximum absolute atomic E-state index is 13.1. The molecule has 3 nitrogen and oxygen atoms in total. The van der Waals surface area contributed by atoms with E-state index in [-0.39, 0.29) is 11.9 Å². The van der Waals surface area contributed by atoms with Gasteiger partial charge in [-0.2, -0.15) is 0 Å². The molecule has 1 aliphatic heterocycles. The number of halogens is 1. The Morgan fingerprint density at radius 1 is 1.29 bits per heavy atom. The molecule has 1 aromatic carbocycles. The maximum Gasteiger partial charge on any atom is 0.212 e. The van der Waals surface area contributed by atoms with E-state index >= 15 is 0 Å². The summed E-state index contributed by atoms with van der Waals surface area (Å²) in [4.78, 5) is 4.37. The molecule has 4 heteroatoms. The zero-order chi connectivity index (χ0) is 11.7. The van der Waals surface area contributed by atoms with Gasteiger partial charge in [0.15, 0.2) is 5.58 Å². The van der Waals surface area contributed by atoms with E-state index in [1.54, 1.807) is 6.07 Å². The Kier molecular flexibility index (Phi) is 2.81. The lowest BCUT2D eigenvalue weighted by atomic mass is 10.1. The molecule has 0 saturated carbocycles. The second kappa shape index (κ2) is 4.45. The summed E-state index contributed by atoms with van der Waals surface area (Å²) in [5.41, 5.74) is 1.26. The highest BCUT2D eigenvalue weighted by Gasteiger charge is 2.19. The van der Waals surface area contributed by atoms with E-state index in [0.29, 0.717) is 17.0 Å². The highest BCUT2D eigenvalue weighted by molar-refractivity contribution is 5.72. The Hall–Kier alpha value is -1.42. The third-order valence-electron chi connectivity index (χ3n) is 3.22. The first-order valence-electron chi connectivity index (χ1n) is 6.12. The first-order chi connectivity index (χ1) is 8.33. The Balaban J connectivity index is 1.93. The average Bonchev–Trinajstić information content (AvgIpc) is 2.57. The molecule has 0 aliphatic carbocycles. The van der Waals surface area contributed by atoms with Crippen molar-refractivity contribution in [3.05, 3.63) is 29.9 Å².